The van der Waals surface area contributed by atoms with Gasteiger partial charge in [0.05, 0.1) is 30.5 Å². The maximum atomic E-state index is 9.34. The molecule has 3 aromatic rings. The molecule has 0 atom stereocenters. The smallest absolute Gasteiger partial charge is 0.232 e. The fraction of sp³-hybridized carbons (Fsp3) is 0.286. The normalized spacial score (nSPS) is 14.1. The van der Waals surface area contributed by atoms with Gasteiger partial charge in [0.15, 0.2) is 5.16 Å². The monoisotopic (exact) mass is 391 g/mol. The minimum Gasteiger partial charge on any atom is -0.378 e. The van der Waals surface area contributed by atoms with Gasteiger partial charge in [0.25, 0.3) is 0 Å². The van der Waals surface area contributed by atoms with Gasteiger partial charge in [0.1, 0.15) is 0 Å². The Morgan fingerprint density at radius 1 is 1.11 bits per heavy atom. The van der Waals surface area contributed by atoms with Gasteiger partial charge in [-0.15, -0.1) is 10.2 Å². The fourth-order valence-electron chi connectivity index (χ4n) is 3.21. The molecule has 28 heavy (non-hydrogen) atoms. The van der Waals surface area contributed by atoms with E-state index in [9.17, 15) is 5.26 Å². The molecule has 142 valence electrons. The van der Waals surface area contributed by atoms with E-state index in [-0.39, 0.29) is 0 Å². The number of nitrogens with zero attached hydrogens (tertiary/aromatic N) is 5. The van der Waals surface area contributed by atoms with Crippen molar-refractivity contribution in [3.8, 4) is 11.8 Å². The molecule has 0 bridgehead atoms. The molecule has 7 heteroatoms. The summed E-state index contributed by atoms with van der Waals surface area (Å²) in [7, 11) is 0. The predicted octanol–water partition coefficient (Wildman–Crippen LogP) is 3.58. The van der Waals surface area contributed by atoms with Gasteiger partial charge in [-0.1, -0.05) is 42.1 Å². The topological polar surface area (TPSA) is 67.0 Å². The number of anilines is 1. The van der Waals surface area contributed by atoms with Crippen LogP contribution in [0, 0.1) is 18.3 Å². The molecule has 1 fully saturated rings. The van der Waals surface area contributed by atoms with Crippen LogP contribution in [0.15, 0.2) is 53.7 Å². The standard InChI is InChI=1S/C21H21N5OS/c1-16-5-4-8-19(13-16)26-20(25-9-11-27-12-10-25)23-24-21(26)28-15-18-7-3-2-6-17(18)14-22/h2-8,13H,9-12,15H2,1H3. The Labute approximate surface area is 168 Å². The van der Waals surface area contributed by atoms with E-state index in [2.05, 4.69) is 50.9 Å². The molecule has 1 saturated heterocycles. The third-order valence-electron chi connectivity index (χ3n) is 4.66. The SMILES string of the molecule is Cc1cccc(-n2c(SCc3ccccc3C#N)nnc2N2CCOCC2)c1. The number of thioether (sulfide) groups is 1. The molecule has 0 radical (unpaired) electrons. The maximum Gasteiger partial charge on any atom is 0.232 e. The Kier molecular flexibility index (Phi) is 5.60. The average Bonchev–Trinajstić information content (AvgIpc) is 3.17. The van der Waals surface area contributed by atoms with Crippen LogP contribution in [-0.4, -0.2) is 41.1 Å². The zero-order chi connectivity index (χ0) is 19.3. The second kappa shape index (κ2) is 8.46. The van der Waals surface area contributed by atoms with Crippen LogP contribution in [0.3, 0.4) is 0 Å². The number of hydrogen-bond acceptors (Lipinski definition) is 6. The van der Waals surface area contributed by atoms with Crippen molar-refractivity contribution in [2.24, 2.45) is 0 Å². The summed E-state index contributed by atoms with van der Waals surface area (Å²) in [6.45, 7) is 5.06. The van der Waals surface area contributed by atoms with Crippen LogP contribution < -0.4 is 4.90 Å². The van der Waals surface area contributed by atoms with Crippen molar-refractivity contribution in [3.05, 3.63) is 65.2 Å². The minimum atomic E-state index is 0.663. The maximum absolute atomic E-state index is 9.34. The Hall–Kier alpha value is -2.82. The van der Waals surface area contributed by atoms with Crippen LogP contribution in [0.25, 0.3) is 5.69 Å². The van der Waals surface area contributed by atoms with Gasteiger partial charge in [-0.25, -0.2) is 0 Å². The van der Waals surface area contributed by atoms with Crippen molar-refractivity contribution in [1.29, 1.82) is 5.26 Å². The summed E-state index contributed by atoms with van der Waals surface area (Å²) in [4.78, 5) is 2.21. The highest BCUT2D eigenvalue weighted by molar-refractivity contribution is 7.98. The number of benzene rings is 2. The van der Waals surface area contributed by atoms with Crippen molar-refractivity contribution in [3.63, 3.8) is 0 Å². The first kappa shape index (κ1) is 18.5. The van der Waals surface area contributed by atoms with Crippen LogP contribution in [-0.2, 0) is 10.5 Å². The lowest BCUT2D eigenvalue weighted by atomic mass is 10.1. The second-order valence-electron chi connectivity index (χ2n) is 6.61. The highest BCUT2D eigenvalue weighted by Gasteiger charge is 2.22. The molecule has 6 nitrogen and oxygen atoms in total. The number of ether oxygens (including phenoxy) is 1. The van der Waals surface area contributed by atoms with E-state index in [1.54, 1.807) is 11.8 Å². The van der Waals surface area contributed by atoms with Crippen LogP contribution in [0.5, 0.6) is 0 Å². The number of nitriles is 1. The number of aryl methyl sites for hydroxylation is 1. The summed E-state index contributed by atoms with van der Waals surface area (Å²) in [5.41, 5.74) is 3.93. The Balaban J connectivity index is 1.68. The van der Waals surface area contributed by atoms with Crippen LogP contribution in [0.4, 0.5) is 5.95 Å². The lowest BCUT2D eigenvalue weighted by molar-refractivity contribution is 0.122. The van der Waals surface area contributed by atoms with Gasteiger partial charge in [-0.3, -0.25) is 4.57 Å². The number of morpholine rings is 1. The van der Waals surface area contributed by atoms with Crippen molar-refractivity contribution in [2.75, 3.05) is 31.2 Å². The lowest BCUT2D eigenvalue weighted by Gasteiger charge is -2.28. The van der Waals surface area contributed by atoms with E-state index in [0.717, 1.165) is 35.4 Å². The molecule has 2 heterocycles. The summed E-state index contributed by atoms with van der Waals surface area (Å²) < 4.78 is 7.60. The summed E-state index contributed by atoms with van der Waals surface area (Å²) >= 11 is 1.60. The summed E-state index contributed by atoms with van der Waals surface area (Å²) in [5.74, 6) is 1.50. The molecule has 1 aromatic heterocycles. The van der Waals surface area contributed by atoms with Gasteiger partial charge >= 0.3 is 0 Å². The number of aromatic nitrogens is 3. The first-order valence-electron chi connectivity index (χ1n) is 9.22. The quantitative estimate of drug-likeness (QED) is 0.620. The van der Waals surface area contributed by atoms with E-state index < -0.39 is 0 Å². The fourth-order valence-corrected chi connectivity index (χ4v) is 4.17. The van der Waals surface area contributed by atoms with Crippen molar-refractivity contribution in [1.82, 2.24) is 14.8 Å². The molecule has 0 unspecified atom stereocenters. The first-order valence-corrected chi connectivity index (χ1v) is 10.2. The summed E-state index contributed by atoms with van der Waals surface area (Å²) in [6.07, 6.45) is 0. The van der Waals surface area contributed by atoms with Crippen molar-refractivity contribution >= 4 is 17.7 Å². The number of hydrogen-bond donors (Lipinski definition) is 0. The zero-order valence-corrected chi connectivity index (χ0v) is 16.5. The molecule has 0 amide bonds. The van der Waals surface area contributed by atoms with Crippen LogP contribution >= 0.6 is 11.8 Å². The van der Waals surface area contributed by atoms with E-state index in [4.69, 9.17) is 4.74 Å². The van der Waals surface area contributed by atoms with E-state index in [0.29, 0.717) is 24.5 Å². The molecule has 2 aromatic carbocycles. The zero-order valence-electron chi connectivity index (χ0n) is 15.7. The Morgan fingerprint density at radius 3 is 2.71 bits per heavy atom. The average molecular weight is 392 g/mol. The molecule has 0 saturated carbocycles. The van der Waals surface area contributed by atoms with Gasteiger partial charge < -0.3 is 9.64 Å². The summed E-state index contributed by atoms with van der Waals surface area (Å²) in [5, 5.41) is 19.1. The van der Waals surface area contributed by atoms with Crippen LogP contribution in [0.2, 0.25) is 0 Å². The second-order valence-corrected chi connectivity index (χ2v) is 7.56. The first-order chi connectivity index (χ1) is 13.8. The molecule has 4 rings (SSSR count). The molecular weight excluding hydrogens is 370 g/mol. The number of rotatable bonds is 5. The molecule has 1 aliphatic rings. The molecular formula is C21H21N5OS. The molecule has 0 spiro atoms. The molecule has 0 N–H and O–H groups in total. The minimum absolute atomic E-state index is 0.663. The van der Waals surface area contributed by atoms with Gasteiger partial charge in [0, 0.05) is 18.8 Å². The molecule has 1 aliphatic heterocycles. The third kappa shape index (κ3) is 3.88. The van der Waals surface area contributed by atoms with Gasteiger partial charge in [-0.05, 0) is 36.2 Å². The highest BCUT2D eigenvalue weighted by atomic mass is 32.2. The van der Waals surface area contributed by atoms with Crippen LogP contribution in [0.1, 0.15) is 16.7 Å². The summed E-state index contributed by atoms with van der Waals surface area (Å²) in [6, 6.07) is 18.3. The Morgan fingerprint density at radius 2 is 1.93 bits per heavy atom. The Bertz CT molecular complexity index is 1000. The highest BCUT2D eigenvalue weighted by Crippen LogP contribution is 2.30. The van der Waals surface area contributed by atoms with Gasteiger partial charge in [0.2, 0.25) is 5.95 Å². The van der Waals surface area contributed by atoms with E-state index in [1.807, 2.05) is 30.3 Å². The predicted molar refractivity (Wildman–Crippen MR) is 110 cm³/mol. The van der Waals surface area contributed by atoms with E-state index >= 15 is 0 Å². The molecule has 0 aliphatic carbocycles. The largest absolute Gasteiger partial charge is 0.378 e. The van der Waals surface area contributed by atoms with Crippen molar-refractivity contribution in [2.45, 2.75) is 17.8 Å². The lowest BCUT2D eigenvalue weighted by Crippen LogP contribution is -2.37. The van der Waals surface area contributed by atoms with Crippen molar-refractivity contribution < 1.29 is 4.74 Å². The third-order valence-corrected chi connectivity index (χ3v) is 5.64. The van der Waals surface area contributed by atoms with E-state index in [1.165, 1.54) is 5.56 Å². The van der Waals surface area contributed by atoms with Gasteiger partial charge in [-0.2, -0.15) is 5.26 Å².